The van der Waals surface area contributed by atoms with Crippen molar-refractivity contribution < 1.29 is 4.79 Å². The molecule has 0 aliphatic heterocycles. The first-order valence-corrected chi connectivity index (χ1v) is 10.2. The van der Waals surface area contributed by atoms with Gasteiger partial charge in [0.05, 0.1) is 34.7 Å². The number of amides is 1. The SMILES string of the molecule is Cn1c(CNC(=O)Cc2csc(Cc3cccc(Cl)c3)n2)nc2ccccc21. The maximum absolute atomic E-state index is 12.3. The molecule has 142 valence electrons. The molecule has 0 bridgehead atoms. The maximum Gasteiger partial charge on any atom is 0.226 e. The molecule has 0 aliphatic carbocycles. The summed E-state index contributed by atoms with van der Waals surface area (Å²) in [4.78, 5) is 21.5. The molecule has 2 aromatic heterocycles. The van der Waals surface area contributed by atoms with Crippen LogP contribution in [0, 0.1) is 0 Å². The maximum atomic E-state index is 12.3. The predicted octanol–water partition coefficient (Wildman–Crippen LogP) is 4.13. The van der Waals surface area contributed by atoms with E-state index in [1.165, 1.54) is 0 Å². The molecule has 0 radical (unpaired) electrons. The number of carbonyl (C=O) groups is 1. The molecule has 5 nitrogen and oxygen atoms in total. The van der Waals surface area contributed by atoms with E-state index in [1.54, 1.807) is 11.3 Å². The average molecular weight is 411 g/mol. The van der Waals surface area contributed by atoms with Crippen LogP contribution in [0.3, 0.4) is 0 Å². The van der Waals surface area contributed by atoms with Crippen LogP contribution in [-0.2, 0) is 31.2 Å². The summed E-state index contributed by atoms with van der Waals surface area (Å²) in [7, 11) is 1.96. The number of carbonyl (C=O) groups excluding carboxylic acids is 1. The highest BCUT2D eigenvalue weighted by molar-refractivity contribution is 7.09. The highest BCUT2D eigenvalue weighted by Gasteiger charge is 2.11. The zero-order valence-corrected chi connectivity index (χ0v) is 16.9. The molecule has 4 aromatic rings. The molecule has 0 fully saturated rings. The molecule has 0 unspecified atom stereocenters. The van der Waals surface area contributed by atoms with Crippen molar-refractivity contribution in [3.8, 4) is 0 Å². The number of aryl methyl sites for hydroxylation is 1. The largest absolute Gasteiger partial charge is 0.349 e. The van der Waals surface area contributed by atoms with E-state index in [4.69, 9.17) is 11.6 Å². The fourth-order valence-corrected chi connectivity index (χ4v) is 4.13. The molecular formula is C21H19ClN4OS. The molecule has 1 N–H and O–H groups in total. The van der Waals surface area contributed by atoms with Gasteiger partial charge in [-0.15, -0.1) is 11.3 Å². The lowest BCUT2D eigenvalue weighted by Gasteiger charge is -2.04. The Bertz CT molecular complexity index is 1130. The van der Waals surface area contributed by atoms with Crippen molar-refractivity contribution >= 4 is 39.9 Å². The van der Waals surface area contributed by atoms with Gasteiger partial charge in [-0.25, -0.2) is 9.97 Å². The van der Waals surface area contributed by atoms with Crippen molar-refractivity contribution in [2.75, 3.05) is 0 Å². The lowest BCUT2D eigenvalue weighted by Crippen LogP contribution is -2.26. The number of benzene rings is 2. The molecule has 0 spiro atoms. The van der Waals surface area contributed by atoms with Crippen LogP contribution in [0.1, 0.15) is 22.1 Å². The minimum absolute atomic E-state index is 0.0633. The van der Waals surface area contributed by atoms with Crippen molar-refractivity contribution in [1.29, 1.82) is 0 Å². The fourth-order valence-electron chi connectivity index (χ4n) is 3.09. The van der Waals surface area contributed by atoms with Crippen molar-refractivity contribution in [2.24, 2.45) is 7.05 Å². The number of imidazole rings is 1. The topological polar surface area (TPSA) is 59.8 Å². The van der Waals surface area contributed by atoms with Gasteiger partial charge in [0.15, 0.2) is 0 Å². The van der Waals surface area contributed by atoms with E-state index >= 15 is 0 Å². The van der Waals surface area contributed by atoms with Crippen molar-refractivity contribution in [1.82, 2.24) is 19.9 Å². The average Bonchev–Trinajstić information content (AvgIpc) is 3.24. The summed E-state index contributed by atoms with van der Waals surface area (Å²) in [6, 6.07) is 15.7. The van der Waals surface area contributed by atoms with Gasteiger partial charge in [0.2, 0.25) is 5.91 Å². The number of nitrogens with one attached hydrogen (secondary N) is 1. The number of aromatic nitrogens is 3. The van der Waals surface area contributed by atoms with Crippen molar-refractivity contribution in [3.63, 3.8) is 0 Å². The van der Waals surface area contributed by atoms with Gasteiger partial charge in [-0.1, -0.05) is 35.9 Å². The Morgan fingerprint density at radius 3 is 2.86 bits per heavy atom. The summed E-state index contributed by atoms with van der Waals surface area (Å²) in [6.45, 7) is 0.392. The molecule has 0 saturated heterocycles. The number of hydrogen-bond donors (Lipinski definition) is 1. The Morgan fingerprint density at radius 1 is 1.18 bits per heavy atom. The van der Waals surface area contributed by atoms with Crippen molar-refractivity contribution in [2.45, 2.75) is 19.4 Å². The number of rotatable bonds is 6. The van der Waals surface area contributed by atoms with Gasteiger partial charge < -0.3 is 9.88 Å². The third-order valence-electron chi connectivity index (χ3n) is 4.51. The first-order chi connectivity index (χ1) is 13.6. The molecular weight excluding hydrogens is 392 g/mol. The van der Waals surface area contributed by atoms with Gasteiger partial charge >= 0.3 is 0 Å². The molecule has 0 saturated carbocycles. The predicted molar refractivity (Wildman–Crippen MR) is 113 cm³/mol. The van der Waals surface area contributed by atoms with Crippen LogP contribution in [0.4, 0.5) is 0 Å². The number of halogens is 1. The van der Waals surface area contributed by atoms with Crippen LogP contribution in [0.5, 0.6) is 0 Å². The Balaban J connectivity index is 1.35. The summed E-state index contributed by atoms with van der Waals surface area (Å²) in [5, 5.41) is 6.57. The summed E-state index contributed by atoms with van der Waals surface area (Å²) in [5.41, 5.74) is 3.88. The lowest BCUT2D eigenvalue weighted by molar-refractivity contribution is -0.120. The monoisotopic (exact) mass is 410 g/mol. The highest BCUT2D eigenvalue weighted by Crippen LogP contribution is 2.18. The smallest absolute Gasteiger partial charge is 0.226 e. The van der Waals surface area contributed by atoms with Gasteiger partial charge in [-0.05, 0) is 29.8 Å². The second kappa shape index (κ2) is 8.12. The quantitative estimate of drug-likeness (QED) is 0.519. The van der Waals surface area contributed by atoms with Gasteiger partial charge in [-0.3, -0.25) is 4.79 Å². The minimum atomic E-state index is -0.0633. The molecule has 7 heteroatoms. The van der Waals surface area contributed by atoms with Crippen LogP contribution in [0.25, 0.3) is 11.0 Å². The number of thiazole rings is 1. The Kier molecular flexibility index (Phi) is 5.41. The number of hydrogen-bond acceptors (Lipinski definition) is 4. The van der Waals surface area contributed by atoms with E-state index in [9.17, 15) is 4.79 Å². The zero-order valence-electron chi connectivity index (χ0n) is 15.4. The van der Waals surface area contributed by atoms with Crippen LogP contribution in [0.15, 0.2) is 53.9 Å². The second-order valence-corrected chi connectivity index (χ2v) is 7.95. The van der Waals surface area contributed by atoms with E-state index in [1.807, 2.05) is 65.5 Å². The van der Waals surface area contributed by atoms with Gasteiger partial charge in [0.25, 0.3) is 0 Å². The first-order valence-electron chi connectivity index (χ1n) is 8.93. The molecule has 28 heavy (non-hydrogen) atoms. The summed E-state index contributed by atoms with van der Waals surface area (Å²) in [5.74, 6) is 0.765. The van der Waals surface area contributed by atoms with Crippen LogP contribution < -0.4 is 5.32 Å². The normalized spacial score (nSPS) is 11.1. The summed E-state index contributed by atoms with van der Waals surface area (Å²) >= 11 is 7.59. The van der Waals surface area contributed by atoms with E-state index in [0.29, 0.717) is 13.0 Å². The standard InChI is InChI=1S/C21H19ClN4OS/c1-26-18-8-3-2-7-17(18)25-19(26)12-23-20(27)11-16-13-28-21(24-16)10-14-5-4-6-15(22)9-14/h2-9,13H,10-12H2,1H3,(H,23,27). The third-order valence-corrected chi connectivity index (χ3v) is 5.64. The molecule has 1 amide bonds. The summed E-state index contributed by atoms with van der Waals surface area (Å²) in [6.07, 6.45) is 0.975. The number of fused-ring (bicyclic) bond motifs is 1. The van der Waals surface area contributed by atoms with E-state index < -0.39 is 0 Å². The molecule has 2 aromatic carbocycles. The van der Waals surface area contributed by atoms with Crippen molar-refractivity contribution in [3.05, 3.63) is 81.0 Å². The lowest BCUT2D eigenvalue weighted by atomic mass is 10.2. The van der Waals surface area contributed by atoms with Crippen LogP contribution in [0.2, 0.25) is 5.02 Å². The second-order valence-electron chi connectivity index (χ2n) is 6.57. The third kappa shape index (κ3) is 4.24. The van der Waals surface area contributed by atoms with Gasteiger partial charge in [0.1, 0.15) is 5.82 Å². The Hall–Kier alpha value is -2.70. The molecule has 0 aliphatic rings. The minimum Gasteiger partial charge on any atom is -0.349 e. The zero-order chi connectivity index (χ0) is 19.5. The van der Waals surface area contributed by atoms with E-state index in [-0.39, 0.29) is 12.3 Å². The number of nitrogens with zero attached hydrogens (tertiary/aromatic N) is 3. The van der Waals surface area contributed by atoms with Gasteiger partial charge in [-0.2, -0.15) is 0 Å². The van der Waals surface area contributed by atoms with Gasteiger partial charge in [0, 0.05) is 23.9 Å². The molecule has 0 atom stereocenters. The van der Waals surface area contributed by atoms with Crippen LogP contribution in [-0.4, -0.2) is 20.4 Å². The Morgan fingerprint density at radius 2 is 2.04 bits per heavy atom. The fraction of sp³-hybridized carbons (Fsp3) is 0.190. The van der Waals surface area contributed by atoms with E-state index in [2.05, 4.69) is 15.3 Å². The molecule has 4 rings (SSSR count). The Labute approximate surface area is 172 Å². The van der Waals surface area contributed by atoms with E-state index in [0.717, 1.165) is 38.1 Å². The first kappa shape index (κ1) is 18.7. The summed E-state index contributed by atoms with van der Waals surface area (Å²) < 4.78 is 2.00. The highest BCUT2D eigenvalue weighted by atomic mass is 35.5. The number of para-hydroxylation sites is 2. The molecule has 2 heterocycles. The van der Waals surface area contributed by atoms with Crippen LogP contribution >= 0.6 is 22.9 Å².